The molecule has 3 N–H and O–H groups in total. The van der Waals surface area contributed by atoms with Crippen molar-refractivity contribution in [2.45, 2.75) is 18.5 Å². The summed E-state index contributed by atoms with van der Waals surface area (Å²) < 4.78 is 10.4. The molecule has 7 heteroatoms. The monoisotopic (exact) mass is 358 g/mol. The van der Waals surface area contributed by atoms with E-state index in [2.05, 4.69) is 26.0 Å². The maximum absolute atomic E-state index is 12.0. The van der Waals surface area contributed by atoms with Gasteiger partial charge in [-0.15, -0.1) is 0 Å². The first-order valence-electron chi connectivity index (χ1n) is 6.35. The maximum Gasteiger partial charge on any atom is 0.307 e. The lowest BCUT2D eigenvalue weighted by atomic mass is 10.0. The zero-order chi connectivity index (χ0) is 15.8. The maximum atomic E-state index is 12.0. The van der Waals surface area contributed by atoms with Gasteiger partial charge >= 0.3 is 5.97 Å². The van der Waals surface area contributed by atoms with Crippen LogP contribution in [0.2, 0.25) is 0 Å². The molecular weight excluding hydrogens is 340 g/mol. The van der Waals surface area contributed by atoms with Crippen LogP contribution in [-0.4, -0.2) is 38.7 Å². The van der Waals surface area contributed by atoms with Crippen LogP contribution in [-0.2, 0) is 19.1 Å². The van der Waals surface area contributed by atoms with Gasteiger partial charge < -0.3 is 20.5 Å². The molecule has 1 rings (SSSR count). The van der Waals surface area contributed by atoms with E-state index in [0.29, 0.717) is 0 Å². The SMILES string of the molecule is COCC(N)C(=O)NC(CC(=O)OC)c1ccc(Br)cc1. The lowest BCUT2D eigenvalue weighted by Gasteiger charge is -2.20. The number of rotatable bonds is 7. The van der Waals surface area contributed by atoms with E-state index in [4.69, 9.17) is 10.5 Å². The number of hydrogen-bond donors (Lipinski definition) is 2. The minimum absolute atomic E-state index is 0.0313. The van der Waals surface area contributed by atoms with Gasteiger partial charge in [0.25, 0.3) is 0 Å². The molecule has 116 valence electrons. The average Bonchev–Trinajstić information content (AvgIpc) is 2.47. The predicted octanol–water partition coefficient (Wildman–Crippen LogP) is 1.14. The van der Waals surface area contributed by atoms with E-state index in [1.807, 2.05) is 24.3 Å². The van der Waals surface area contributed by atoms with Crippen LogP contribution in [0.25, 0.3) is 0 Å². The molecule has 2 unspecified atom stereocenters. The van der Waals surface area contributed by atoms with Crippen molar-refractivity contribution in [3.63, 3.8) is 0 Å². The van der Waals surface area contributed by atoms with Crippen LogP contribution < -0.4 is 11.1 Å². The van der Waals surface area contributed by atoms with Crippen LogP contribution in [0.1, 0.15) is 18.0 Å². The van der Waals surface area contributed by atoms with Crippen molar-refractivity contribution in [1.82, 2.24) is 5.32 Å². The average molecular weight is 359 g/mol. The van der Waals surface area contributed by atoms with Crippen molar-refractivity contribution < 1.29 is 19.1 Å². The van der Waals surface area contributed by atoms with Gasteiger partial charge in [-0.25, -0.2) is 0 Å². The minimum Gasteiger partial charge on any atom is -0.469 e. The molecule has 0 fully saturated rings. The molecule has 0 aliphatic rings. The Morgan fingerprint density at radius 1 is 1.29 bits per heavy atom. The third-order valence-corrected chi connectivity index (χ3v) is 3.40. The summed E-state index contributed by atoms with van der Waals surface area (Å²) >= 11 is 3.34. The molecule has 0 aromatic heterocycles. The van der Waals surface area contributed by atoms with Gasteiger partial charge in [-0.05, 0) is 17.7 Å². The number of carbonyl (C=O) groups excluding carboxylic acids is 2. The lowest BCUT2D eigenvalue weighted by molar-refractivity contribution is -0.141. The number of benzene rings is 1. The Kier molecular flexibility index (Phi) is 7.35. The van der Waals surface area contributed by atoms with Crippen LogP contribution in [0.4, 0.5) is 0 Å². The second-order valence-corrected chi connectivity index (χ2v) is 5.37. The van der Waals surface area contributed by atoms with Gasteiger partial charge in [0, 0.05) is 11.6 Å². The molecule has 0 aliphatic carbocycles. The molecule has 0 radical (unpaired) electrons. The van der Waals surface area contributed by atoms with Crippen LogP contribution in [0.5, 0.6) is 0 Å². The Balaban J connectivity index is 2.84. The van der Waals surface area contributed by atoms with Gasteiger partial charge in [-0.1, -0.05) is 28.1 Å². The van der Waals surface area contributed by atoms with E-state index >= 15 is 0 Å². The normalized spacial score (nSPS) is 13.3. The van der Waals surface area contributed by atoms with Crippen LogP contribution in [0.15, 0.2) is 28.7 Å². The summed E-state index contributed by atoms with van der Waals surface area (Å²) in [6, 6.07) is 6.02. The van der Waals surface area contributed by atoms with E-state index in [-0.39, 0.29) is 18.9 Å². The van der Waals surface area contributed by atoms with Crippen LogP contribution >= 0.6 is 15.9 Å². The molecule has 2 atom stereocenters. The standard InChI is InChI=1S/C14H19BrN2O4/c1-20-8-11(16)14(19)17-12(7-13(18)21-2)9-3-5-10(15)6-4-9/h3-6,11-12H,7-8,16H2,1-2H3,(H,17,19). The van der Waals surface area contributed by atoms with Gasteiger partial charge in [0.2, 0.25) is 5.91 Å². The Bertz CT molecular complexity index is 478. The lowest BCUT2D eigenvalue weighted by Crippen LogP contribution is -2.45. The molecule has 1 aromatic carbocycles. The Labute approximate surface area is 132 Å². The predicted molar refractivity (Wildman–Crippen MR) is 81.5 cm³/mol. The Morgan fingerprint density at radius 2 is 1.90 bits per heavy atom. The fourth-order valence-electron chi connectivity index (χ4n) is 1.73. The van der Waals surface area contributed by atoms with E-state index < -0.39 is 18.1 Å². The molecular formula is C14H19BrN2O4. The number of ether oxygens (including phenoxy) is 2. The highest BCUT2D eigenvalue weighted by atomic mass is 79.9. The highest BCUT2D eigenvalue weighted by Crippen LogP contribution is 2.20. The molecule has 0 aliphatic heterocycles. The summed E-state index contributed by atoms with van der Waals surface area (Å²) in [6.07, 6.45) is 0.0313. The first-order valence-corrected chi connectivity index (χ1v) is 7.14. The summed E-state index contributed by atoms with van der Waals surface area (Å²) in [6.45, 7) is 0.108. The number of nitrogens with one attached hydrogen (secondary N) is 1. The van der Waals surface area contributed by atoms with Crippen LogP contribution in [0, 0.1) is 0 Å². The molecule has 1 amide bonds. The third kappa shape index (κ3) is 5.82. The number of esters is 1. The number of nitrogens with two attached hydrogens (primary N) is 1. The highest BCUT2D eigenvalue weighted by molar-refractivity contribution is 9.10. The van der Waals surface area contributed by atoms with E-state index in [0.717, 1.165) is 10.0 Å². The first-order chi connectivity index (χ1) is 9.97. The minimum atomic E-state index is -0.786. The topological polar surface area (TPSA) is 90.6 Å². The van der Waals surface area contributed by atoms with E-state index in [1.54, 1.807) is 0 Å². The van der Waals surface area contributed by atoms with Crippen molar-refractivity contribution in [2.75, 3.05) is 20.8 Å². The zero-order valence-electron chi connectivity index (χ0n) is 12.0. The molecule has 0 heterocycles. The third-order valence-electron chi connectivity index (χ3n) is 2.87. The Morgan fingerprint density at radius 3 is 2.43 bits per heavy atom. The van der Waals surface area contributed by atoms with Crippen molar-refractivity contribution in [1.29, 1.82) is 0 Å². The van der Waals surface area contributed by atoms with E-state index in [9.17, 15) is 9.59 Å². The summed E-state index contributed by atoms with van der Waals surface area (Å²) in [5, 5.41) is 2.74. The van der Waals surface area contributed by atoms with Crippen molar-refractivity contribution in [3.05, 3.63) is 34.3 Å². The second-order valence-electron chi connectivity index (χ2n) is 4.45. The quantitative estimate of drug-likeness (QED) is 0.713. The number of carbonyl (C=O) groups is 2. The van der Waals surface area contributed by atoms with Crippen molar-refractivity contribution in [3.8, 4) is 0 Å². The zero-order valence-corrected chi connectivity index (χ0v) is 13.6. The summed E-state index contributed by atoms with van der Waals surface area (Å²) in [5.74, 6) is -0.794. The van der Waals surface area contributed by atoms with Gasteiger partial charge in [-0.3, -0.25) is 9.59 Å². The number of hydrogen-bond acceptors (Lipinski definition) is 5. The molecule has 21 heavy (non-hydrogen) atoms. The smallest absolute Gasteiger partial charge is 0.307 e. The number of methoxy groups -OCH3 is 2. The fraction of sp³-hybridized carbons (Fsp3) is 0.429. The molecule has 0 saturated carbocycles. The Hall–Kier alpha value is -1.44. The molecule has 0 spiro atoms. The largest absolute Gasteiger partial charge is 0.469 e. The second kappa shape index (κ2) is 8.76. The first kappa shape index (κ1) is 17.6. The van der Waals surface area contributed by atoms with Gasteiger partial charge in [0.05, 0.1) is 26.2 Å². The molecule has 1 aromatic rings. The van der Waals surface area contributed by atoms with Gasteiger partial charge in [0.15, 0.2) is 0 Å². The number of halogens is 1. The van der Waals surface area contributed by atoms with E-state index in [1.165, 1.54) is 14.2 Å². The highest BCUT2D eigenvalue weighted by Gasteiger charge is 2.22. The summed E-state index contributed by atoms with van der Waals surface area (Å²) in [7, 11) is 2.77. The molecule has 0 saturated heterocycles. The molecule has 0 bridgehead atoms. The van der Waals surface area contributed by atoms with Crippen LogP contribution in [0.3, 0.4) is 0 Å². The summed E-state index contributed by atoms with van der Waals surface area (Å²) in [4.78, 5) is 23.5. The van der Waals surface area contributed by atoms with Crippen molar-refractivity contribution >= 4 is 27.8 Å². The fourth-order valence-corrected chi connectivity index (χ4v) is 2.00. The van der Waals surface area contributed by atoms with Gasteiger partial charge in [-0.2, -0.15) is 0 Å². The summed E-state index contributed by atoms with van der Waals surface area (Å²) in [5.41, 5.74) is 6.47. The van der Waals surface area contributed by atoms with Crippen molar-refractivity contribution in [2.24, 2.45) is 5.73 Å². The van der Waals surface area contributed by atoms with Gasteiger partial charge in [0.1, 0.15) is 6.04 Å². The number of amides is 1. The molecule has 6 nitrogen and oxygen atoms in total.